The molecule has 0 aliphatic rings. The summed E-state index contributed by atoms with van der Waals surface area (Å²) in [5.41, 5.74) is 0.792. The van der Waals surface area contributed by atoms with E-state index >= 15 is 0 Å². The van der Waals surface area contributed by atoms with Gasteiger partial charge in [0.05, 0.1) is 6.54 Å². The molecule has 9 heteroatoms. The van der Waals surface area contributed by atoms with Gasteiger partial charge in [0.15, 0.2) is 17.7 Å². The van der Waals surface area contributed by atoms with E-state index in [0.29, 0.717) is 25.0 Å². The zero-order valence-electron chi connectivity index (χ0n) is 20.2. The zero-order valence-corrected chi connectivity index (χ0v) is 20.2. The summed E-state index contributed by atoms with van der Waals surface area (Å²) in [5, 5.41) is 9.22. The second-order valence-electron chi connectivity index (χ2n) is 7.97. The average Bonchev–Trinajstić information content (AvgIpc) is 2.83. The van der Waals surface area contributed by atoms with Crippen molar-refractivity contribution in [2.45, 2.75) is 52.1 Å². The van der Waals surface area contributed by atoms with Gasteiger partial charge in [0.25, 0.3) is 0 Å². The first kappa shape index (κ1) is 28.0. The lowest BCUT2D eigenvalue weighted by Crippen LogP contribution is -2.37. The number of amides is 1. The molecule has 2 aromatic rings. The van der Waals surface area contributed by atoms with Crippen LogP contribution in [0.3, 0.4) is 0 Å². The van der Waals surface area contributed by atoms with Gasteiger partial charge in [0, 0.05) is 25.6 Å². The lowest BCUT2D eigenvalue weighted by molar-refractivity contribution is -0.149. The van der Waals surface area contributed by atoms with Gasteiger partial charge in [0.1, 0.15) is 18.2 Å². The van der Waals surface area contributed by atoms with Crippen LogP contribution in [0.25, 0.3) is 0 Å². The molecule has 0 heterocycles. The number of carboxylic acid groups (broad SMARTS) is 1. The molecular weight excluding hydrogens is 460 g/mol. The van der Waals surface area contributed by atoms with Gasteiger partial charge in [-0.3, -0.25) is 0 Å². The Bertz CT molecular complexity index is 938. The maximum absolute atomic E-state index is 13.9. The molecule has 0 saturated carbocycles. The summed E-state index contributed by atoms with van der Waals surface area (Å²) in [6, 6.07) is 9.73. The molecule has 2 rings (SSSR count). The molecule has 1 unspecified atom stereocenters. The molecule has 0 aliphatic heterocycles. The fraction of sp³-hybridized carbons (Fsp3) is 0.462. The SMILES string of the molecule is CCCCCCN(CCOc1ccc(CC(OCC)C(=O)O)cc1)C(=O)Oc1ccc(F)cc1F. The minimum absolute atomic E-state index is 0.171. The van der Waals surface area contributed by atoms with Crippen LogP contribution in [0.15, 0.2) is 42.5 Å². The van der Waals surface area contributed by atoms with Crippen LogP contribution in [-0.2, 0) is 16.0 Å². The van der Waals surface area contributed by atoms with Crippen molar-refractivity contribution in [3.8, 4) is 11.5 Å². The molecule has 0 fully saturated rings. The van der Waals surface area contributed by atoms with Crippen molar-refractivity contribution >= 4 is 12.1 Å². The summed E-state index contributed by atoms with van der Waals surface area (Å²) < 4.78 is 43.1. The average molecular weight is 494 g/mol. The zero-order chi connectivity index (χ0) is 25.6. The number of carbonyl (C=O) groups excluding carboxylic acids is 1. The van der Waals surface area contributed by atoms with E-state index in [4.69, 9.17) is 14.2 Å². The number of carbonyl (C=O) groups is 2. The Balaban J connectivity index is 1.93. The Morgan fingerprint density at radius 2 is 1.74 bits per heavy atom. The third-order valence-electron chi connectivity index (χ3n) is 5.25. The highest BCUT2D eigenvalue weighted by Crippen LogP contribution is 2.19. The normalized spacial score (nSPS) is 11.7. The quantitative estimate of drug-likeness (QED) is 0.332. The molecule has 0 aromatic heterocycles. The number of unbranched alkanes of at least 4 members (excludes halogenated alkanes) is 3. The van der Waals surface area contributed by atoms with Gasteiger partial charge in [-0.1, -0.05) is 38.3 Å². The minimum atomic E-state index is -1.02. The van der Waals surface area contributed by atoms with Gasteiger partial charge >= 0.3 is 12.1 Å². The van der Waals surface area contributed by atoms with E-state index in [0.717, 1.165) is 43.4 Å². The molecule has 192 valence electrons. The fourth-order valence-corrected chi connectivity index (χ4v) is 3.37. The van der Waals surface area contributed by atoms with Crippen LogP contribution in [0.5, 0.6) is 11.5 Å². The van der Waals surface area contributed by atoms with Crippen molar-refractivity contribution in [1.29, 1.82) is 0 Å². The summed E-state index contributed by atoms with van der Waals surface area (Å²) in [5.74, 6) is -2.50. The second kappa shape index (κ2) is 14.9. The van der Waals surface area contributed by atoms with Crippen molar-refractivity contribution < 1.29 is 37.7 Å². The Labute approximate surface area is 204 Å². The first-order chi connectivity index (χ1) is 16.8. The Morgan fingerprint density at radius 3 is 2.37 bits per heavy atom. The van der Waals surface area contributed by atoms with Crippen molar-refractivity contribution in [2.24, 2.45) is 0 Å². The van der Waals surface area contributed by atoms with Crippen molar-refractivity contribution in [3.05, 3.63) is 59.7 Å². The maximum atomic E-state index is 13.9. The number of benzene rings is 2. The molecule has 7 nitrogen and oxygen atoms in total. The van der Waals surface area contributed by atoms with Crippen molar-refractivity contribution in [3.63, 3.8) is 0 Å². The van der Waals surface area contributed by atoms with Gasteiger partial charge in [-0.05, 0) is 43.2 Å². The number of nitrogens with zero attached hydrogens (tertiary/aromatic N) is 1. The van der Waals surface area contributed by atoms with Crippen molar-refractivity contribution in [2.75, 3.05) is 26.3 Å². The highest BCUT2D eigenvalue weighted by molar-refractivity contribution is 5.72. The van der Waals surface area contributed by atoms with Crippen LogP contribution >= 0.6 is 0 Å². The maximum Gasteiger partial charge on any atom is 0.415 e. The topological polar surface area (TPSA) is 85.3 Å². The smallest absolute Gasteiger partial charge is 0.415 e. The Hall–Kier alpha value is -3.20. The van der Waals surface area contributed by atoms with Gasteiger partial charge in [0.2, 0.25) is 0 Å². The largest absolute Gasteiger partial charge is 0.492 e. The number of carboxylic acids is 1. The van der Waals surface area contributed by atoms with Crippen LogP contribution in [-0.4, -0.2) is 54.5 Å². The predicted octanol–water partition coefficient (Wildman–Crippen LogP) is 5.46. The molecule has 35 heavy (non-hydrogen) atoms. The molecule has 2 aromatic carbocycles. The molecule has 0 aliphatic carbocycles. The summed E-state index contributed by atoms with van der Waals surface area (Å²) in [6.45, 7) is 4.93. The summed E-state index contributed by atoms with van der Waals surface area (Å²) in [4.78, 5) is 25.3. The fourth-order valence-electron chi connectivity index (χ4n) is 3.37. The van der Waals surface area contributed by atoms with Crippen LogP contribution < -0.4 is 9.47 Å². The number of halogens is 2. The molecule has 1 atom stereocenters. The Morgan fingerprint density at radius 1 is 1.00 bits per heavy atom. The van der Waals surface area contributed by atoms with Gasteiger partial charge in [-0.2, -0.15) is 0 Å². The summed E-state index contributed by atoms with van der Waals surface area (Å²) >= 11 is 0. The molecule has 0 spiro atoms. The van der Waals surface area contributed by atoms with Crippen LogP contribution in [0.2, 0.25) is 0 Å². The van der Waals surface area contributed by atoms with Crippen molar-refractivity contribution in [1.82, 2.24) is 4.90 Å². The van der Waals surface area contributed by atoms with E-state index in [9.17, 15) is 23.5 Å². The first-order valence-electron chi connectivity index (χ1n) is 11.8. The number of hydrogen-bond donors (Lipinski definition) is 1. The van der Waals surface area contributed by atoms with Crippen LogP contribution in [0.4, 0.5) is 13.6 Å². The molecule has 1 N–H and O–H groups in total. The number of hydrogen-bond acceptors (Lipinski definition) is 5. The lowest BCUT2D eigenvalue weighted by atomic mass is 10.1. The number of ether oxygens (including phenoxy) is 3. The standard InChI is InChI=1S/C26H33F2NO6/c1-3-5-6-7-14-29(26(32)35-23-13-10-20(27)18-22(23)28)15-16-34-21-11-8-19(9-12-21)17-24(25(30)31)33-4-2/h8-13,18,24H,3-7,14-17H2,1-2H3,(H,30,31). The predicted molar refractivity (Wildman–Crippen MR) is 127 cm³/mol. The van der Waals surface area contributed by atoms with Gasteiger partial charge < -0.3 is 24.2 Å². The third kappa shape index (κ3) is 9.90. The first-order valence-corrected chi connectivity index (χ1v) is 11.8. The summed E-state index contributed by atoms with van der Waals surface area (Å²) in [7, 11) is 0. The van der Waals surface area contributed by atoms with E-state index in [1.54, 1.807) is 31.2 Å². The molecule has 0 saturated heterocycles. The Kier molecular flexibility index (Phi) is 12.0. The molecule has 0 radical (unpaired) electrons. The summed E-state index contributed by atoms with van der Waals surface area (Å²) in [6.07, 6.45) is 2.36. The third-order valence-corrected chi connectivity index (χ3v) is 5.25. The highest BCUT2D eigenvalue weighted by atomic mass is 19.1. The number of rotatable bonds is 15. The lowest BCUT2D eigenvalue weighted by Gasteiger charge is -2.22. The van der Waals surface area contributed by atoms with E-state index in [2.05, 4.69) is 6.92 Å². The van der Waals surface area contributed by atoms with E-state index in [-0.39, 0.29) is 25.3 Å². The van der Waals surface area contributed by atoms with Crippen LogP contribution in [0.1, 0.15) is 45.1 Å². The monoisotopic (exact) mass is 493 g/mol. The van der Waals surface area contributed by atoms with Crippen LogP contribution in [0, 0.1) is 11.6 Å². The minimum Gasteiger partial charge on any atom is -0.492 e. The highest BCUT2D eigenvalue weighted by Gasteiger charge is 2.19. The van der Waals surface area contributed by atoms with E-state index in [1.807, 2.05) is 0 Å². The molecular formula is C26H33F2NO6. The van der Waals surface area contributed by atoms with Gasteiger partial charge in [-0.25, -0.2) is 18.4 Å². The molecule has 1 amide bonds. The van der Waals surface area contributed by atoms with Gasteiger partial charge in [-0.15, -0.1) is 0 Å². The van der Waals surface area contributed by atoms with E-state index in [1.165, 1.54) is 4.90 Å². The number of aliphatic carboxylic acids is 1. The van der Waals surface area contributed by atoms with E-state index < -0.39 is 29.8 Å². The second-order valence-corrected chi connectivity index (χ2v) is 7.97. The molecule has 0 bridgehead atoms.